The van der Waals surface area contributed by atoms with E-state index in [1.807, 2.05) is 0 Å². The monoisotopic (exact) mass is 1400 g/mol. The first kappa shape index (κ1) is 90.7. The predicted molar refractivity (Wildman–Crippen MR) is 250 cm³/mol. The Morgan fingerprint density at radius 3 is 0.759 bits per heavy atom. The van der Waals surface area contributed by atoms with Crippen LogP contribution in [0.5, 0.6) is 0 Å². The summed E-state index contributed by atoms with van der Waals surface area (Å²) in [5.74, 6) is -13.1. The van der Waals surface area contributed by atoms with Crippen LogP contribution in [0.25, 0.3) is 0 Å². The van der Waals surface area contributed by atoms with Crippen molar-refractivity contribution in [3.63, 3.8) is 0 Å². The van der Waals surface area contributed by atoms with Crippen LogP contribution in [0.2, 0.25) is 0 Å². The number of carbonyl (C=O) groups excluding carboxylic acids is 8. The Kier molecular flexibility index (Phi) is 41.0. The van der Waals surface area contributed by atoms with E-state index in [4.69, 9.17) is 0 Å². The second-order valence-corrected chi connectivity index (χ2v) is 23.3. The van der Waals surface area contributed by atoms with Crippen LogP contribution in [0.1, 0.15) is 88.4 Å². The topological polar surface area (TPSA) is 533 Å². The minimum absolute atomic E-state index is 0. The molecule has 3 N–H and O–H groups in total. The van der Waals surface area contributed by atoms with E-state index in [1.54, 1.807) is 0 Å². The van der Waals surface area contributed by atoms with E-state index in [2.05, 4.69) is 75.3 Å². The van der Waals surface area contributed by atoms with Gasteiger partial charge in [-0.3, -0.25) is 41.8 Å². The number of hydrogen-bond donors (Lipinski definition) is 3. The molecule has 3 amide bonds. The summed E-state index contributed by atoms with van der Waals surface area (Å²) in [6.07, 6.45) is 0. The van der Waals surface area contributed by atoms with Crippen molar-refractivity contribution >= 4 is 112 Å². The summed E-state index contributed by atoms with van der Waals surface area (Å²) in [4.78, 5) is 183. The zero-order chi connectivity index (χ0) is 61.1. The van der Waals surface area contributed by atoms with Gasteiger partial charge in [-0.25, -0.2) is 28.9 Å². The summed E-state index contributed by atoms with van der Waals surface area (Å²) in [6.45, 7) is -0.911. The van der Waals surface area contributed by atoms with E-state index in [0.717, 1.165) is 18.2 Å². The van der Waals surface area contributed by atoms with Gasteiger partial charge in [0.2, 0.25) is 0 Å². The largest absolute Gasteiger partial charge is 1.00 e. The molecule has 0 spiro atoms. The van der Waals surface area contributed by atoms with Crippen molar-refractivity contribution in [1.82, 2.24) is 0 Å². The van der Waals surface area contributed by atoms with Crippen LogP contribution in [0.15, 0.2) is 72.8 Å². The molecule has 4 aromatic rings. The molecule has 0 bridgehead atoms. The van der Waals surface area contributed by atoms with Crippen LogP contribution in [-0.2, 0) is 93.3 Å². The van der Waals surface area contributed by atoms with Gasteiger partial charge < -0.3 is 95.1 Å². The molecule has 36 nitrogen and oxygen atoms in total. The number of benzene rings is 4. The maximum atomic E-state index is 14.2. The number of hydrogen-bond acceptors (Lipinski definition) is 33. The minimum atomic E-state index is -5.40. The van der Waals surface area contributed by atoms with Gasteiger partial charge in [0.1, 0.15) is 6.61 Å². The third-order valence-corrected chi connectivity index (χ3v) is 14.1. The van der Waals surface area contributed by atoms with Gasteiger partial charge >= 0.3 is 246 Å². The zero-order valence-corrected chi connectivity index (χ0v) is 64.7. The number of anilines is 3. The maximum absolute atomic E-state index is 14.2. The maximum Gasteiger partial charge on any atom is 1.00 e. The molecular weight excluding hydrogens is 1360 g/mol. The Bertz CT molecular complexity index is 3240. The fourth-order valence-corrected chi connectivity index (χ4v) is 7.77. The predicted octanol–water partition coefficient (Wildman–Crippen LogP) is -16.6. The summed E-state index contributed by atoms with van der Waals surface area (Å²) in [6, 6.07) is 8.36. The Morgan fingerprint density at radius 1 is 0.322 bits per heavy atom. The first-order valence-electron chi connectivity index (χ1n) is 20.7. The van der Waals surface area contributed by atoms with Crippen molar-refractivity contribution in [2.45, 2.75) is 6.61 Å². The summed E-state index contributed by atoms with van der Waals surface area (Å²) in [5, 5.41) is 6.48. The summed E-state index contributed by atoms with van der Waals surface area (Å²) in [7, 11) is -28.3. The van der Waals surface area contributed by atoms with Crippen molar-refractivity contribution in [2.75, 3.05) is 58.6 Å². The van der Waals surface area contributed by atoms with E-state index in [1.165, 1.54) is 0 Å². The fraction of sp³-hybridized carbons (Fsp3) is 0.179. The van der Waals surface area contributed by atoms with Crippen molar-refractivity contribution in [3.8, 4) is 0 Å². The van der Waals surface area contributed by atoms with Crippen LogP contribution in [0.4, 0.5) is 17.1 Å². The molecule has 0 aliphatic rings. The van der Waals surface area contributed by atoms with Gasteiger partial charge in [0.05, 0.1) is 27.8 Å². The average Bonchev–Trinajstić information content (AvgIpc) is 3.40. The van der Waals surface area contributed by atoms with Gasteiger partial charge in [0, 0.05) is 76.4 Å². The molecule has 0 saturated heterocycles. The number of carbonyl (C=O) groups is 8. The molecule has 4 rings (SSSR count). The van der Waals surface area contributed by atoms with E-state index in [0.29, 0.717) is 97.3 Å². The summed E-state index contributed by atoms with van der Waals surface area (Å²) < 4.78 is 122. The smallest absolute Gasteiger partial charge is 0.754 e. The van der Waals surface area contributed by atoms with Crippen molar-refractivity contribution in [3.05, 3.63) is 123 Å². The summed E-state index contributed by atoms with van der Waals surface area (Å²) in [5.41, 5.74) is -8.91. The van der Waals surface area contributed by atoms with Crippen molar-refractivity contribution in [2.24, 2.45) is 0 Å². The molecule has 87 heavy (non-hydrogen) atoms. The Balaban J connectivity index is -0.0000118. The van der Waals surface area contributed by atoms with E-state index >= 15 is 0 Å². The molecule has 0 fully saturated rings. The third-order valence-electron chi connectivity index (χ3n) is 9.22. The first-order chi connectivity index (χ1) is 37.5. The molecule has 440 valence electrons. The molecule has 6 atom stereocenters. The van der Waals surface area contributed by atoms with E-state index in [-0.39, 0.29) is 183 Å². The Hall–Kier alpha value is -0.540. The SMILES string of the molecule is COP(=O)([O-])OOCc1cc(NC(=O)c2cc(C(=O)Nc3cc(C(=O)OP(=O)([O-])OC)cc(C(=O)OP(=O)([O-])OC)c3)cc(C(=O)Nc3cc(C(=O)OP(=O)([O-])OC)cc(C(=O)OP(=O)([O-])OC)c3)c2)cc(C(=O)OP(=O)([O-])OC)c1.[Na+].[Na+].[Na+].[Na+].[Na+].[Na+]. The van der Waals surface area contributed by atoms with Crippen LogP contribution < -0.4 is 223 Å². The van der Waals surface area contributed by atoms with Crippen LogP contribution in [-0.4, -0.2) is 90.2 Å². The van der Waals surface area contributed by atoms with Crippen LogP contribution in [0.3, 0.4) is 0 Å². The normalized spacial score (nSPS) is 14.6. The van der Waals surface area contributed by atoms with Gasteiger partial charge in [-0.15, -0.1) is 0 Å². The number of amides is 3. The Labute approximate surface area is 623 Å². The Morgan fingerprint density at radius 2 is 0.529 bits per heavy atom. The second kappa shape index (κ2) is 39.4. The van der Waals surface area contributed by atoms with Crippen LogP contribution >= 0.6 is 46.9 Å². The van der Waals surface area contributed by atoms with Gasteiger partial charge in [0.25, 0.3) is 25.5 Å². The number of nitrogens with one attached hydrogen (secondary N) is 3. The van der Waals surface area contributed by atoms with E-state index < -0.39 is 163 Å². The number of phosphoric ester groups is 6. The van der Waals surface area contributed by atoms with Crippen molar-refractivity contribution in [1.29, 1.82) is 0 Å². The molecular formula is C39H35N3Na6O33P6. The molecule has 0 radical (unpaired) electrons. The standard InChI is InChI=1S/C39H41N3O33P6.6Na/c1-63-76(51,52)70-35(46)24-7-20(19-69-75-81(61,62)68-6)8-29(14-24)40-32(43)21-9-22(33(44)41-30-15-25(36(47)71-77(53,54)64-2)12-26(16-30)37(48)72-78(55,56)65-3)11-23(10-21)34(45)42-31-17-27(38(49)73-79(57,58)66-4)13-28(18-31)39(50)74-80(59,60)67-5;;;;;;/h7-18H,19H2,1-6H3,(H,40,43)(H,41,44)(H,42,45)(H,51,52)(H,53,54)(H,55,56)(H,57,58)(H,59,60)(H,61,62);;;;;;/q;6*+1/p-6. The molecule has 0 aromatic heterocycles. The third kappa shape index (κ3) is 29.7. The number of phosphoric acid groups is 6. The van der Waals surface area contributed by atoms with E-state index in [9.17, 15) is 95.1 Å². The second-order valence-electron chi connectivity index (χ2n) is 14.7. The molecule has 6 unspecified atom stereocenters. The average molecular weight is 1400 g/mol. The molecule has 0 aliphatic carbocycles. The summed E-state index contributed by atoms with van der Waals surface area (Å²) >= 11 is 0. The molecule has 4 aromatic carbocycles. The zero-order valence-electron chi connectivity index (χ0n) is 47.3. The quantitative estimate of drug-likeness (QED) is 0.0227. The van der Waals surface area contributed by atoms with Gasteiger partial charge in [-0.1, -0.05) is 0 Å². The van der Waals surface area contributed by atoms with Crippen molar-refractivity contribution < 1.29 is 332 Å². The minimum Gasteiger partial charge on any atom is -0.754 e. The van der Waals surface area contributed by atoms with Gasteiger partial charge in [-0.2, -0.15) is 4.67 Å². The van der Waals surface area contributed by atoms with Gasteiger partial charge in [-0.05, 0) is 78.4 Å². The molecule has 0 saturated carbocycles. The molecule has 48 heteroatoms. The van der Waals surface area contributed by atoms with Gasteiger partial charge in [0.15, 0.2) is 0 Å². The molecule has 0 aliphatic heterocycles. The number of rotatable bonds is 26. The first-order valence-corrected chi connectivity index (χ1v) is 29.5. The fourth-order valence-electron chi connectivity index (χ4n) is 5.61. The van der Waals surface area contributed by atoms with Crippen LogP contribution in [0, 0.1) is 0 Å². The molecule has 0 heterocycles.